The number of anilines is 1. The molecule has 0 saturated carbocycles. The highest BCUT2D eigenvalue weighted by atomic mass is 35.5. The summed E-state index contributed by atoms with van der Waals surface area (Å²) in [7, 11) is 0. The molecule has 2 rings (SSSR count). The molecule has 0 saturated heterocycles. The number of aromatic nitrogens is 1. The smallest absolute Gasteiger partial charge is 0.335 e. The molecule has 1 aliphatic rings. The van der Waals surface area contributed by atoms with Gasteiger partial charge >= 0.3 is 5.97 Å². The highest BCUT2D eigenvalue weighted by molar-refractivity contribution is 6.14. The molecule has 0 spiro atoms. The molecule has 0 aliphatic carbocycles. The Labute approximate surface area is 105 Å². The Morgan fingerprint density at radius 1 is 1.59 bits per heavy atom. The summed E-state index contributed by atoms with van der Waals surface area (Å²) in [5.74, 6) is -0.288. The average Bonchev–Trinajstić information content (AvgIpc) is 2.51. The molecule has 17 heavy (non-hydrogen) atoms. The van der Waals surface area contributed by atoms with Crippen molar-refractivity contribution in [1.82, 2.24) is 4.98 Å². The first-order valence-corrected chi connectivity index (χ1v) is 4.91. The van der Waals surface area contributed by atoms with E-state index in [1.807, 2.05) is 0 Å². The van der Waals surface area contributed by atoms with Crippen molar-refractivity contribution in [3.63, 3.8) is 0 Å². The Bertz CT molecular complexity index is 448. The van der Waals surface area contributed by atoms with Gasteiger partial charge < -0.3 is 15.2 Å². The standard InChI is InChI=1S/C11H12N2O3.ClH/c1-7(11(14)15)8-4-9-6-16-3-2-12-10(9)13-5-8;/h4-5H,1-3,6H2,(H,12,13)(H,14,15);1H. The van der Waals surface area contributed by atoms with Crippen LogP contribution in [-0.4, -0.2) is 29.2 Å². The number of rotatable bonds is 2. The third-order valence-corrected chi connectivity index (χ3v) is 2.37. The molecule has 5 nitrogen and oxygen atoms in total. The minimum absolute atomic E-state index is 0. The number of nitrogens with one attached hydrogen (secondary N) is 1. The SMILES string of the molecule is C=C(C(=O)O)c1cnc2c(c1)COCCN2.Cl. The first-order chi connectivity index (χ1) is 7.68. The number of carboxylic acid groups (broad SMARTS) is 1. The van der Waals surface area contributed by atoms with Crippen LogP contribution in [0.5, 0.6) is 0 Å². The summed E-state index contributed by atoms with van der Waals surface area (Å²) in [6.45, 7) is 5.26. The van der Waals surface area contributed by atoms with Gasteiger partial charge in [-0.2, -0.15) is 0 Å². The maximum absolute atomic E-state index is 10.8. The zero-order valence-corrected chi connectivity index (χ0v) is 9.92. The molecule has 1 aromatic rings. The topological polar surface area (TPSA) is 71.5 Å². The molecule has 1 aliphatic heterocycles. The van der Waals surface area contributed by atoms with Gasteiger partial charge in [-0.25, -0.2) is 9.78 Å². The predicted octanol–water partition coefficient (Wildman–Crippen LogP) is 1.54. The molecule has 1 aromatic heterocycles. The molecular weight excluding hydrogens is 244 g/mol. The lowest BCUT2D eigenvalue weighted by Crippen LogP contribution is -2.06. The molecule has 0 fully saturated rings. The molecule has 2 N–H and O–H groups in total. The van der Waals surface area contributed by atoms with E-state index in [4.69, 9.17) is 9.84 Å². The minimum Gasteiger partial charge on any atom is -0.478 e. The zero-order chi connectivity index (χ0) is 11.5. The van der Waals surface area contributed by atoms with Crippen LogP contribution < -0.4 is 5.32 Å². The molecule has 0 amide bonds. The number of hydrogen-bond acceptors (Lipinski definition) is 4. The number of nitrogens with zero attached hydrogens (tertiary/aromatic N) is 1. The van der Waals surface area contributed by atoms with Crippen molar-refractivity contribution in [3.05, 3.63) is 30.0 Å². The van der Waals surface area contributed by atoms with E-state index in [1.54, 1.807) is 6.07 Å². The fourth-order valence-electron chi connectivity index (χ4n) is 1.49. The van der Waals surface area contributed by atoms with E-state index in [0.29, 0.717) is 25.3 Å². The molecule has 6 heteroatoms. The second-order valence-corrected chi connectivity index (χ2v) is 3.49. The maximum Gasteiger partial charge on any atom is 0.335 e. The van der Waals surface area contributed by atoms with Gasteiger partial charge in [-0.1, -0.05) is 6.58 Å². The number of fused-ring (bicyclic) bond motifs is 1. The van der Waals surface area contributed by atoms with Gasteiger partial charge in [-0.15, -0.1) is 12.4 Å². The molecule has 0 unspecified atom stereocenters. The van der Waals surface area contributed by atoms with Crippen LogP contribution in [0.3, 0.4) is 0 Å². The first-order valence-electron chi connectivity index (χ1n) is 4.91. The summed E-state index contributed by atoms with van der Waals surface area (Å²) in [4.78, 5) is 14.9. The van der Waals surface area contributed by atoms with E-state index in [-0.39, 0.29) is 18.0 Å². The van der Waals surface area contributed by atoms with Gasteiger partial charge in [0.15, 0.2) is 0 Å². The number of pyridine rings is 1. The van der Waals surface area contributed by atoms with E-state index >= 15 is 0 Å². The summed E-state index contributed by atoms with van der Waals surface area (Å²) in [5, 5.41) is 11.9. The molecule has 0 aromatic carbocycles. The Morgan fingerprint density at radius 2 is 2.35 bits per heavy atom. The normalized spacial score (nSPS) is 13.6. The Morgan fingerprint density at radius 3 is 3.06 bits per heavy atom. The lowest BCUT2D eigenvalue weighted by Gasteiger charge is -2.07. The molecule has 0 atom stereocenters. The number of carbonyl (C=O) groups is 1. The van der Waals surface area contributed by atoms with E-state index < -0.39 is 5.97 Å². The van der Waals surface area contributed by atoms with Gasteiger partial charge in [0.05, 0.1) is 18.8 Å². The summed E-state index contributed by atoms with van der Waals surface area (Å²) in [5.41, 5.74) is 1.41. The average molecular weight is 257 g/mol. The van der Waals surface area contributed by atoms with Crippen molar-refractivity contribution in [3.8, 4) is 0 Å². The van der Waals surface area contributed by atoms with Gasteiger partial charge in [-0.3, -0.25) is 0 Å². The fraction of sp³-hybridized carbons (Fsp3) is 0.273. The molecule has 92 valence electrons. The summed E-state index contributed by atoms with van der Waals surface area (Å²) < 4.78 is 5.34. The van der Waals surface area contributed by atoms with Gasteiger partial charge in [0, 0.05) is 23.9 Å². The van der Waals surface area contributed by atoms with E-state index in [1.165, 1.54) is 6.20 Å². The van der Waals surface area contributed by atoms with E-state index in [9.17, 15) is 4.79 Å². The van der Waals surface area contributed by atoms with Gasteiger partial charge in [0.1, 0.15) is 5.82 Å². The van der Waals surface area contributed by atoms with Crippen LogP contribution in [0, 0.1) is 0 Å². The largest absolute Gasteiger partial charge is 0.478 e. The van der Waals surface area contributed by atoms with Crippen LogP contribution in [0.15, 0.2) is 18.8 Å². The summed E-state index contributed by atoms with van der Waals surface area (Å²) in [6, 6.07) is 1.75. The molecule has 2 heterocycles. The Balaban J connectivity index is 0.00000144. The zero-order valence-electron chi connectivity index (χ0n) is 9.10. The number of halogens is 1. The number of ether oxygens (including phenoxy) is 1. The summed E-state index contributed by atoms with van der Waals surface area (Å²) in [6.07, 6.45) is 1.51. The van der Waals surface area contributed by atoms with Crippen molar-refractivity contribution in [2.75, 3.05) is 18.5 Å². The second-order valence-electron chi connectivity index (χ2n) is 3.49. The quantitative estimate of drug-likeness (QED) is 0.786. The molecular formula is C11H13ClN2O3. The lowest BCUT2D eigenvalue weighted by molar-refractivity contribution is -0.130. The Kier molecular flexibility index (Phi) is 4.48. The summed E-state index contributed by atoms with van der Waals surface area (Å²) >= 11 is 0. The van der Waals surface area contributed by atoms with Crippen molar-refractivity contribution in [1.29, 1.82) is 0 Å². The van der Waals surface area contributed by atoms with E-state index in [0.717, 1.165) is 11.4 Å². The Hall–Kier alpha value is -1.59. The van der Waals surface area contributed by atoms with Crippen LogP contribution in [0.4, 0.5) is 5.82 Å². The number of carboxylic acids is 1. The lowest BCUT2D eigenvalue weighted by atomic mass is 10.1. The van der Waals surface area contributed by atoms with Crippen molar-refractivity contribution in [2.24, 2.45) is 0 Å². The highest BCUT2D eigenvalue weighted by Crippen LogP contribution is 2.21. The second kappa shape index (κ2) is 5.65. The maximum atomic E-state index is 10.8. The third kappa shape index (κ3) is 2.95. The highest BCUT2D eigenvalue weighted by Gasteiger charge is 2.13. The minimum atomic E-state index is -1.04. The van der Waals surface area contributed by atoms with Gasteiger partial charge in [0.2, 0.25) is 0 Å². The molecule has 0 radical (unpaired) electrons. The van der Waals surface area contributed by atoms with Crippen LogP contribution in [-0.2, 0) is 16.1 Å². The van der Waals surface area contributed by atoms with Crippen LogP contribution in [0.25, 0.3) is 5.57 Å². The van der Waals surface area contributed by atoms with Crippen molar-refractivity contribution >= 4 is 29.8 Å². The van der Waals surface area contributed by atoms with Gasteiger partial charge in [-0.05, 0) is 6.07 Å². The number of hydrogen-bond donors (Lipinski definition) is 2. The van der Waals surface area contributed by atoms with E-state index in [2.05, 4.69) is 16.9 Å². The fourth-order valence-corrected chi connectivity index (χ4v) is 1.49. The molecule has 0 bridgehead atoms. The van der Waals surface area contributed by atoms with Crippen LogP contribution in [0.1, 0.15) is 11.1 Å². The van der Waals surface area contributed by atoms with Crippen LogP contribution in [0.2, 0.25) is 0 Å². The van der Waals surface area contributed by atoms with Crippen LogP contribution >= 0.6 is 12.4 Å². The van der Waals surface area contributed by atoms with Crippen molar-refractivity contribution in [2.45, 2.75) is 6.61 Å². The third-order valence-electron chi connectivity index (χ3n) is 2.37. The monoisotopic (exact) mass is 256 g/mol. The first kappa shape index (κ1) is 13.5. The van der Waals surface area contributed by atoms with Crippen molar-refractivity contribution < 1.29 is 14.6 Å². The predicted molar refractivity (Wildman–Crippen MR) is 66.3 cm³/mol. The van der Waals surface area contributed by atoms with Gasteiger partial charge in [0.25, 0.3) is 0 Å². The number of aliphatic carboxylic acids is 1.